The zero-order valence-corrected chi connectivity index (χ0v) is 24.5. The normalized spacial score (nSPS) is 31.3. The summed E-state index contributed by atoms with van der Waals surface area (Å²) in [5.41, 5.74) is 2.43. The van der Waals surface area contributed by atoms with Crippen molar-refractivity contribution in [2.75, 3.05) is 18.5 Å². The van der Waals surface area contributed by atoms with Gasteiger partial charge in [0.05, 0.1) is 13.2 Å². The van der Waals surface area contributed by atoms with Crippen LogP contribution in [0.3, 0.4) is 0 Å². The van der Waals surface area contributed by atoms with E-state index in [1.807, 2.05) is 0 Å². The average molecular weight is 640 g/mol. The van der Waals surface area contributed by atoms with Crippen LogP contribution in [0.1, 0.15) is 49.6 Å². The van der Waals surface area contributed by atoms with E-state index in [2.05, 4.69) is 5.32 Å². The van der Waals surface area contributed by atoms with Crippen LogP contribution < -0.4 is 5.32 Å². The number of benzene rings is 3. The number of aliphatic hydroxyl groups excluding tert-OH is 8. The Morgan fingerprint density at radius 3 is 1.59 bits per heavy atom. The third-order valence-electron chi connectivity index (χ3n) is 8.38. The molecule has 2 aliphatic heterocycles. The number of amides is 1. The van der Waals surface area contributed by atoms with Gasteiger partial charge in [0, 0.05) is 23.2 Å². The molecule has 2 saturated heterocycles. The lowest BCUT2D eigenvalue weighted by Crippen LogP contribution is -2.55. The standard InChI is InChI=1S/C33H37NO12/c35-14-23-25(38)27(40)29(42)31(45-23)18-4-1-3-17(12-18)22(37)11-16-7-9-21(10-8-16)34-33(44)20-6-2-5-19(13-20)32-30(43)28(41)26(39)24(15-36)46-32/h1-10,12-13,23-32,35-36,38-43H,11,14-15H2,(H,34,44)/t23-,24-,25-,26-,27+,28+,29+,30+,31-,32-/m1/s1. The van der Waals surface area contributed by atoms with E-state index in [4.69, 9.17) is 9.47 Å². The fourth-order valence-corrected chi connectivity index (χ4v) is 5.70. The Morgan fingerprint density at radius 1 is 0.609 bits per heavy atom. The first-order chi connectivity index (χ1) is 22.0. The lowest BCUT2D eigenvalue weighted by molar-refractivity contribution is -0.231. The molecule has 3 aromatic carbocycles. The lowest BCUT2D eigenvalue weighted by Gasteiger charge is -2.40. The average Bonchev–Trinajstić information content (AvgIpc) is 3.07. The number of hydrogen-bond donors (Lipinski definition) is 9. The molecule has 1 amide bonds. The molecule has 5 rings (SSSR count). The van der Waals surface area contributed by atoms with Gasteiger partial charge in [-0.25, -0.2) is 0 Å². The van der Waals surface area contributed by atoms with Crippen molar-refractivity contribution >= 4 is 17.4 Å². The Hall–Kier alpha value is -3.60. The predicted octanol–water partition coefficient (Wildman–Crippen LogP) is -0.606. The van der Waals surface area contributed by atoms with Crippen molar-refractivity contribution in [2.45, 2.75) is 67.5 Å². The van der Waals surface area contributed by atoms with Crippen LogP contribution in [0.5, 0.6) is 0 Å². The first-order valence-corrected chi connectivity index (χ1v) is 14.8. The second-order valence-corrected chi connectivity index (χ2v) is 11.5. The van der Waals surface area contributed by atoms with Crippen molar-refractivity contribution in [1.29, 1.82) is 0 Å². The monoisotopic (exact) mass is 639 g/mol. The number of carbonyl (C=O) groups excluding carboxylic acids is 2. The van der Waals surface area contributed by atoms with Gasteiger partial charge >= 0.3 is 0 Å². The molecule has 0 aliphatic carbocycles. The van der Waals surface area contributed by atoms with Gasteiger partial charge in [-0.15, -0.1) is 0 Å². The van der Waals surface area contributed by atoms with Crippen LogP contribution in [-0.4, -0.2) is 115 Å². The van der Waals surface area contributed by atoms with Gasteiger partial charge in [0.25, 0.3) is 5.91 Å². The number of carbonyl (C=O) groups is 2. The number of hydrogen-bond acceptors (Lipinski definition) is 12. The topological polar surface area (TPSA) is 226 Å². The minimum atomic E-state index is -1.55. The molecule has 0 unspecified atom stereocenters. The Labute approximate surface area is 263 Å². The minimum absolute atomic E-state index is 0.0213. The third kappa shape index (κ3) is 7.04. The van der Waals surface area contributed by atoms with E-state index in [9.17, 15) is 50.4 Å². The van der Waals surface area contributed by atoms with E-state index in [0.717, 1.165) is 0 Å². The highest BCUT2D eigenvalue weighted by atomic mass is 16.6. The van der Waals surface area contributed by atoms with Crippen molar-refractivity contribution in [3.8, 4) is 0 Å². The van der Waals surface area contributed by atoms with Crippen LogP contribution in [0.25, 0.3) is 0 Å². The van der Waals surface area contributed by atoms with Gasteiger partial charge in [0.15, 0.2) is 5.78 Å². The first kappa shape index (κ1) is 33.8. The highest BCUT2D eigenvalue weighted by Crippen LogP contribution is 2.34. The van der Waals surface area contributed by atoms with Gasteiger partial charge in [-0.3, -0.25) is 9.59 Å². The molecule has 2 heterocycles. The fourth-order valence-electron chi connectivity index (χ4n) is 5.70. The molecule has 13 heteroatoms. The summed E-state index contributed by atoms with van der Waals surface area (Å²) in [5.74, 6) is -0.714. The number of Topliss-reactive ketones (excluding diaryl/α,β-unsaturated/α-hetero) is 1. The summed E-state index contributed by atoms with van der Waals surface area (Å²) in [7, 11) is 0. The molecule has 246 valence electrons. The van der Waals surface area contributed by atoms with E-state index in [0.29, 0.717) is 27.9 Å². The highest BCUT2D eigenvalue weighted by Gasteiger charge is 2.45. The molecule has 9 N–H and O–H groups in total. The SMILES string of the molecule is O=C(Cc1ccc(NC(=O)c2cccc([C@H]3O[C@H](CO)[C@@H](O)[C@H](O)[C@@H]3O)c2)cc1)c1cccc([C@H]2O[C@H](CO)[C@@H](O)[C@H](O)[C@@H]2O)c1. The number of nitrogens with one attached hydrogen (secondary N) is 1. The zero-order chi connectivity index (χ0) is 33.1. The maximum atomic E-state index is 13.1. The molecule has 10 atom stereocenters. The molecule has 0 spiro atoms. The minimum Gasteiger partial charge on any atom is -0.394 e. The van der Waals surface area contributed by atoms with E-state index in [-0.39, 0.29) is 17.8 Å². The predicted molar refractivity (Wildman–Crippen MR) is 161 cm³/mol. The molecule has 46 heavy (non-hydrogen) atoms. The summed E-state index contributed by atoms with van der Waals surface area (Å²) in [5, 5.41) is 82.9. The third-order valence-corrected chi connectivity index (χ3v) is 8.38. The molecule has 0 bridgehead atoms. The van der Waals surface area contributed by atoms with Gasteiger partial charge in [-0.05, 0) is 47.0 Å². The summed E-state index contributed by atoms with van der Waals surface area (Å²) in [6.45, 7) is -1.14. The molecule has 2 aliphatic rings. The number of anilines is 1. The summed E-state index contributed by atoms with van der Waals surface area (Å²) in [6, 6.07) is 19.2. The molecule has 0 aromatic heterocycles. The van der Waals surface area contributed by atoms with Crippen LogP contribution in [0.2, 0.25) is 0 Å². The highest BCUT2D eigenvalue weighted by molar-refractivity contribution is 6.04. The Morgan fingerprint density at radius 2 is 1.09 bits per heavy atom. The van der Waals surface area contributed by atoms with Gasteiger partial charge in [-0.2, -0.15) is 0 Å². The summed E-state index contributed by atoms with van der Waals surface area (Å²) >= 11 is 0. The molecule has 0 saturated carbocycles. The quantitative estimate of drug-likeness (QED) is 0.134. The first-order valence-electron chi connectivity index (χ1n) is 14.8. The van der Waals surface area contributed by atoms with E-state index in [1.165, 1.54) is 12.1 Å². The number of ether oxygens (including phenoxy) is 2. The number of rotatable bonds is 9. The molecular weight excluding hydrogens is 602 g/mol. The van der Waals surface area contributed by atoms with Crippen molar-refractivity contribution in [1.82, 2.24) is 0 Å². The molecule has 3 aromatic rings. The van der Waals surface area contributed by atoms with Crippen molar-refractivity contribution in [3.63, 3.8) is 0 Å². The Kier molecular flexibility index (Phi) is 10.6. The van der Waals surface area contributed by atoms with Gasteiger partial charge in [-0.1, -0.05) is 42.5 Å². The van der Waals surface area contributed by atoms with Gasteiger partial charge < -0.3 is 55.6 Å². The van der Waals surface area contributed by atoms with Crippen molar-refractivity contribution in [2.24, 2.45) is 0 Å². The van der Waals surface area contributed by atoms with Crippen LogP contribution in [0.15, 0.2) is 72.8 Å². The molecule has 2 fully saturated rings. The van der Waals surface area contributed by atoms with E-state index < -0.39 is 80.2 Å². The van der Waals surface area contributed by atoms with Gasteiger partial charge in [0.2, 0.25) is 0 Å². The molecular formula is C33H37NO12. The van der Waals surface area contributed by atoms with Crippen LogP contribution in [0, 0.1) is 0 Å². The second kappa shape index (κ2) is 14.4. The maximum Gasteiger partial charge on any atom is 0.255 e. The van der Waals surface area contributed by atoms with Crippen LogP contribution >= 0.6 is 0 Å². The Balaban J connectivity index is 1.22. The molecule has 13 nitrogen and oxygen atoms in total. The van der Waals surface area contributed by atoms with Crippen molar-refractivity contribution < 1.29 is 59.9 Å². The number of ketones is 1. The zero-order valence-electron chi connectivity index (χ0n) is 24.5. The number of aliphatic hydroxyl groups is 8. The fraction of sp³-hybridized carbons (Fsp3) is 0.394. The van der Waals surface area contributed by atoms with E-state index >= 15 is 0 Å². The van der Waals surface area contributed by atoms with E-state index in [1.54, 1.807) is 60.7 Å². The van der Waals surface area contributed by atoms with Gasteiger partial charge in [0.1, 0.15) is 61.0 Å². The summed E-state index contributed by atoms with van der Waals surface area (Å²) in [4.78, 5) is 26.1. The van der Waals surface area contributed by atoms with Crippen LogP contribution in [0.4, 0.5) is 5.69 Å². The summed E-state index contributed by atoms with van der Waals surface area (Å²) < 4.78 is 11.2. The van der Waals surface area contributed by atoms with Crippen LogP contribution in [-0.2, 0) is 15.9 Å². The maximum absolute atomic E-state index is 13.1. The molecule has 0 radical (unpaired) electrons. The van der Waals surface area contributed by atoms with Crippen molar-refractivity contribution in [3.05, 3.63) is 101 Å². The smallest absolute Gasteiger partial charge is 0.255 e. The second-order valence-electron chi connectivity index (χ2n) is 11.5. The largest absolute Gasteiger partial charge is 0.394 e. The Bertz CT molecular complexity index is 1400. The summed E-state index contributed by atoms with van der Waals surface area (Å²) in [6.07, 6.45) is -13.3. The lowest BCUT2D eigenvalue weighted by atomic mass is 9.90.